The summed E-state index contributed by atoms with van der Waals surface area (Å²) in [7, 11) is 3.94. The van der Waals surface area contributed by atoms with Gasteiger partial charge in [-0.3, -0.25) is 0 Å². The quantitative estimate of drug-likeness (QED) is 0.622. The topological polar surface area (TPSA) is 24.5 Å². The Kier molecular flexibility index (Phi) is 3.83. The minimum absolute atomic E-state index is 0.670. The number of likely N-dealkylation sites (N-methyl/N-ethyl adjacent to an activating group) is 1. The summed E-state index contributed by atoms with van der Waals surface area (Å²) >= 11 is 0. The molecule has 1 aliphatic rings. The van der Waals surface area contributed by atoms with Gasteiger partial charge in [-0.15, -0.1) is 0 Å². The van der Waals surface area contributed by atoms with Crippen LogP contribution in [0.15, 0.2) is 0 Å². The highest BCUT2D eigenvalue weighted by Gasteiger charge is 2.17. The van der Waals surface area contributed by atoms with Crippen LogP contribution in [0.1, 0.15) is 6.42 Å². The van der Waals surface area contributed by atoms with Crippen molar-refractivity contribution in [1.29, 1.82) is 0 Å². The van der Waals surface area contributed by atoms with E-state index in [2.05, 4.69) is 17.3 Å². The van der Waals surface area contributed by atoms with E-state index in [0.29, 0.717) is 6.04 Å². The number of hydrogen-bond donors (Lipinski definition) is 1. The van der Waals surface area contributed by atoms with E-state index in [9.17, 15) is 0 Å². The summed E-state index contributed by atoms with van der Waals surface area (Å²) in [5.41, 5.74) is 0. The molecule has 0 radical (unpaired) electrons. The summed E-state index contributed by atoms with van der Waals surface area (Å²) in [6, 6.07) is 0.670. The van der Waals surface area contributed by atoms with E-state index in [1.807, 2.05) is 0 Å². The number of methoxy groups -OCH3 is 1. The van der Waals surface area contributed by atoms with Gasteiger partial charge in [-0.1, -0.05) is 0 Å². The molecule has 0 aliphatic carbocycles. The van der Waals surface area contributed by atoms with Gasteiger partial charge < -0.3 is 15.0 Å². The van der Waals surface area contributed by atoms with Crippen molar-refractivity contribution in [2.24, 2.45) is 0 Å². The first-order chi connectivity index (χ1) is 5.34. The van der Waals surface area contributed by atoms with Gasteiger partial charge >= 0.3 is 0 Å². The predicted molar refractivity (Wildman–Crippen MR) is 45.8 cm³/mol. The molecule has 1 saturated heterocycles. The number of nitrogens with one attached hydrogen (secondary N) is 1. The van der Waals surface area contributed by atoms with Crippen molar-refractivity contribution in [3.05, 3.63) is 0 Å². The van der Waals surface area contributed by atoms with Crippen molar-refractivity contribution in [2.75, 3.05) is 40.4 Å². The summed E-state index contributed by atoms with van der Waals surface area (Å²) < 4.78 is 5.04. The Bertz CT molecular complexity index is 108. The third-order valence-corrected chi connectivity index (χ3v) is 2.30. The Balaban J connectivity index is 2.18. The molecular formula is C8H18N2O. The Morgan fingerprint density at radius 1 is 1.64 bits per heavy atom. The third-order valence-electron chi connectivity index (χ3n) is 2.30. The minimum atomic E-state index is 0.670. The van der Waals surface area contributed by atoms with Crippen LogP contribution in [-0.4, -0.2) is 51.3 Å². The fourth-order valence-electron chi connectivity index (χ4n) is 1.44. The van der Waals surface area contributed by atoms with Crippen LogP contribution < -0.4 is 5.32 Å². The maximum atomic E-state index is 5.04. The van der Waals surface area contributed by atoms with Crippen LogP contribution in [0.5, 0.6) is 0 Å². The second-order valence-electron chi connectivity index (χ2n) is 3.12. The van der Waals surface area contributed by atoms with E-state index in [1.165, 1.54) is 0 Å². The molecule has 0 saturated carbocycles. The van der Waals surface area contributed by atoms with E-state index in [1.54, 1.807) is 7.11 Å². The zero-order valence-corrected chi connectivity index (χ0v) is 7.47. The fraction of sp³-hybridized carbons (Fsp3) is 1.00. The number of hydrogen-bond acceptors (Lipinski definition) is 3. The van der Waals surface area contributed by atoms with Gasteiger partial charge in [0.25, 0.3) is 0 Å². The molecule has 0 bridgehead atoms. The molecule has 1 N–H and O–H groups in total. The first-order valence-corrected chi connectivity index (χ1v) is 4.24. The Labute approximate surface area is 68.7 Å². The summed E-state index contributed by atoms with van der Waals surface area (Å²) in [4.78, 5) is 2.40. The highest BCUT2D eigenvalue weighted by Crippen LogP contribution is 2.03. The van der Waals surface area contributed by atoms with E-state index in [0.717, 1.165) is 32.7 Å². The summed E-state index contributed by atoms with van der Waals surface area (Å²) in [5, 5.41) is 3.38. The van der Waals surface area contributed by atoms with E-state index in [4.69, 9.17) is 4.74 Å². The Hall–Kier alpha value is -0.120. The van der Waals surface area contributed by atoms with Crippen LogP contribution in [0.3, 0.4) is 0 Å². The lowest BCUT2D eigenvalue weighted by atomic mass is 10.1. The number of rotatable bonds is 3. The SMILES string of the molecule is COCC[C@@H]1CNCCN1C. The molecule has 3 heteroatoms. The molecule has 1 rings (SSSR count). The van der Waals surface area contributed by atoms with Gasteiger partial charge in [0.15, 0.2) is 0 Å². The van der Waals surface area contributed by atoms with Crippen LogP contribution in [0.4, 0.5) is 0 Å². The standard InChI is InChI=1S/C8H18N2O/c1-10-5-4-9-7-8(10)3-6-11-2/h8-9H,3-7H2,1-2H3/t8-/m1/s1. The van der Waals surface area contributed by atoms with E-state index >= 15 is 0 Å². The van der Waals surface area contributed by atoms with Gasteiger partial charge in [0.05, 0.1) is 0 Å². The monoisotopic (exact) mass is 158 g/mol. The molecule has 3 nitrogen and oxygen atoms in total. The average molecular weight is 158 g/mol. The minimum Gasteiger partial charge on any atom is -0.385 e. The van der Waals surface area contributed by atoms with Crippen LogP contribution in [0.25, 0.3) is 0 Å². The maximum absolute atomic E-state index is 5.04. The molecule has 0 aromatic rings. The summed E-state index contributed by atoms with van der Waals surface area (Å²) in [6.07, 6.45) is 1.14. The highest BCUT2D eigenvalue weighted by atomic mass is 16.5. The first kappa shape index (κ1) is 8.97. The van der Waals surface area contributed by atoms with Crippen molar-refractivity contribution < 1.29 is 4.74 Å². The van der Waals surface area contributed by atoms with Gasteiger partial charge in [-0.2, -0.15) is 0 Å². The molecule has 1 atom stereocenters. The van der Waals surface area contributed by atoms with Gasteiger partial charge in [-0.25, -0.2) is 0 Å². The van der Waals surface area contributed by atoms with E-state index in [-0.39, 0.29) is 0 Å². The molecular weight excluding hydrogens is 140 g/mol. The second kappa shape index (κ2) is 4.70. The zero-order valence-electron chi connectivity index (χ0n) is 7.47. The maximum Gasteiger partial charge on any atom is 0.0477 e. The molecule has 66 valence electrons. The van der Waals surface area contributed by atoms with Crippen LogP contribution in [-0.2, 0) is 4.74 Å². The van der Waals surface area contributed by atoms with Crippen LogP contribution >= 0.6 is 0 Å². The second-order valence-corrected chi connectivity index (χ2v) is 3.12. The van der Waals surface area contributed by atoms with Crippen molar-refractivity contribution in [3.8, 4) is 0 Å². The number of nitrogens with zero attached hydrogens (tertiary/aromatic N) is 1. The van der Waals surface area contributed by atoms with Crippen LogP contribution in [0.2, 0.25) is 0 Å². The number of piperazine rings is 1. The molecule has 11 heavy (non-hydrogen) atoms. The number of ether oxygens (including phenoxy) is 1. The molecule has 0 aromatic heterocycles. The average Bonchev–Trinajstić information content (AvgIpc) is 2.03. The smallest absolute Gasteiger partial charge is 0.0477 e. The lowest BCUT2D eigenvalue weighted by Crippen LogP contribution is -2.49. The Morgan fingerprint density at radius 3 is 3.09 bits per heavy atom. The van der Waals surface area contributed by atoms with Crippen molar-refractivity contribution in [3.63, 3.8) is 0 Å². The third kappa shape index (κ3) is 2.77. The molecule has 1 aliphatic heterocycles. The summed E-state index contributed by atoms with van der Waals surface area (Å²) in [6.45, 7) is 4.27. The molecule has 0 aromatic carbocycles. The van der Waals surface area contributed by atoms with Gasteiger partial charge in [-0.05, 0) is 13.5 Å². The molecule has 0 unspecified atom stereocenters. The van der Waals surface area contributed by atoms with E-state index < -0.39 is 0 Å². The van der Waals surface area contributed by atoms with Gasteiger partial charge in [0.2, 0.25) is 0 Å². The highest BCUT2D eigenvalue weighted by molar-refractivity contribution is 4.76. The van der Waals surface area contributed by atoms with Crippen LogP contribution in [0, 0.1) is 0 Å². The summed E-state index contributed by atoms with van der Waals surface area (Å²) in [5.74, 6) is 0. The predicted octanol–water partition coefficient (Wildman–Crippen LogP) is -0.0735. The molecule has 0 amide bonds. The van der Waals surface area contributed by atoms with Crippen molar-refractivity contribution in [1.82, 2.24) is 10.2 Å². The largest absolute Gasteiger partial charge is 0.385 e. The lowest BCUT2D eigenvalue weighted by Gasteiger charge is -2.32. The zero-order chi connectivity index (χ0) is 8.10. The van der Waals surface area contributed by atoms with Crippen molar-refractivity contribution in [2.45, 2.75) is 12.5 Å². The normalized spacial score (nSPS) is 27.3. The van der Waals surface area contributed by atoms with Gasteiger partial charge in [0.1, 0.15) is 0 Å². The molecule has 0 spiro atoms. The molecule has 1 fully saturated rings. The van der Waals surface area contributed by atoms with Gasteiger partial charge in [0, 0.05) is 39.4 Å². The first-order valence-electron chi connectivity index (χ1n) is 4.24. The lowest BCUT2D eigenvalue weighted by molar-refractivity contribution is 0.131. The fourth-order valence-corrected chi connectivity index (χ4v) is 1.44. The Morgan fingerprint density at radius 2 is 2.45 bits per heavy atom. The molecule has 1 heterocycles. The van der Waals surface area contributed by atoms with Crippen molar-refractivity contribution >= 4 is 0 Å².